The van der Waals surface area contributed by atoms with Crippen molar-refractivity contribution in [2.75, 3.05) is 0 Å². The molecule has 0 amide bonds. The standard InChI is InChI=1S/C10H18O.2O.V/c1-5-10(4,11)8-6-7-9(2)3;;;/h5,7,11H,1,6,8H2,2-4H3;;;. The van der Waals surface area contributed by atoms with E-state index in [2.05, 4.69) is 26.5 Å². The van der Waals surface area contributed by atoms with E-state index in [4.69, 9.17) is 7.35 Å². The Morgan fingerprint density at radius 3 is 2.21 bits per heavy atom. The summed E-state index contributed by atoms with van der Waals surface area (Å²) in [5, 5.41) is 9.49. The second-order valence-corrected chi connectivity index (χ2v) is 3.69. The molecule has 0 rings (SSSR count). The molecule has 0 aliphatic carbocycles. The Bertz CT molecular complexity index is 222. The Labute approximate surface area is 92.4 Å². The van der Waals surface area contributed by atoms with Gasteiger partial charge in [0.2, 0.25) is 0 Å². The van der Waals surface area contributed by atoms with E-state index in [0.29, 0.717) is 0 Å². The zero-order valence-corrected chi connectivity index (χ0v) is 10.4. The third kappa shape index (κ3) is 14.2. The molecule has 0 saturated heterocycles. The molecule has 1 atom stereocenters. The Kier molecular flexibility index (Phi) is 10.5. The average molecular weight is 237 g/mol. The van der Waals surface area contributed by atoms with Gasteiger partial charge in [0, 0.05) is 0 Å². The summed E-state index contributed by atoms with van der Waals surface area (Å²) in [7, 11) is 0. The molecule has 3 nitrogen and oxygen atoms in total. The third-order valence-corrected chi connectivity index (χ3v) is 1.64. The fourth-order valence-electron chi connectivity index (χ4n) is 0.755. The molecule has 1 unspecified atom stereocenters. The maximum atomic E-state index is 9.49. The summed E-state index contributed by atoms with van der Waals surface area (Å²) < 4.78 is 16.9. The van der Waals surface area contributed by atoms with Gasteiger partial charge < -0.3 is 5.11 Å². The fraction of sp³-hybridized carbons (Fsp3) is 0.600. The predicted molar refractivity (Wildman–Crippen MR) is 50.9 cm³/mol. The predicted octanol–water partition coefficient (Wildman–Crippen LogP) is 2.43. The van der Waals surface area contributed by atoms with E-state index < -0.39 is 21.8 Å². The summed E-state index contributed by atoms with van der Waals surface area (Å²) in [5.41, 5.74) is 0.594. The van der Waals surface area contributed by atoms with Gasteiger partial charge in [0.1, 0.15) is 0 Å². The molecule has 0 aromatic heterocycles. The van der Waals surface area contributed by atoms with Crippen LogP contribution in [0.4, 0.5) is 0 Å². The molecule has 81 valence electrons. The average Bonchev–Trinajstić information content (AvgIpc) is 2.05. The Hall–Kier alpha value is -0.376. The van der Waals surface area contributed by atoms with Gasteiger partial charge in [0.05, 0.1) is 5.60 Å². The number of aliphatic hydroxyl groups is 1. The first kappa shape index (κ1) is 16.1. The van der Waals surface area contributed by atoms with Gasteiger partial charge in [-0.15, -0.1) is 6.58 Å². The van der Waals surface area contributed by atoms with Crippen molar-refractivity contribution in [3.8, 4) is 0 Å². The van der Waals surface area contributed by atoms with Crippen molar-refractivity contribution in [3.05, 3.63) is 24.3 Å². The molecule has 0 radical (unpaired) electrons. The van der Waals surface area contributed by atoms with Crippen molar-refractivity contribution < 1.29 is 28.6 Å². The van der Waals surface area contributed by atoms with Crippen LogP contribution in [0, 0.1) is 0 Å². The maximum absolute atomic E-state index is 9.49. The molecule has 0 aliphatic heterocycles. The molecule has 0 saturated carbocycles. The topological polar surface area (TPSA) is 54.4 Å². The second kappa shape index (κ2) is 9.19. The van der Waals surface area contributed by atoms with Crippen LogP contribution >= 0.6 is 0 Å². The number of allylic oxidation sites excluding steroid dienone is 2. The van der Waals surface area contributed by atoms with Gasteiger partial charge in [-0.3, -0.25) is 0 Å². The van der Waals surface area contributed by atoms with Crippen LogP contribution in [0.3, 0.4) is 0 Å². The van der Waals surface area contributed by atoms with Crippen molar-refractivity contribution in [1.82, 2.24) is 0 Å². The minimum atomic E-state index is -1.81. The first-order valence-electron chi connectivity index (χ1n) is 4.34. The van der Waals surface area contributed by atoms with E-state index in [1.165, 1.54) is 5.57 Å². The van der Waals surface area contributed by atoms with Crippen LogP contribution in [0.15, 0.2) is 24.3 Å². The van der Waals surface area contributed by atoms with Crippen LogP contribution in [0.2, 0.25) is 0 Å². The van der Waals surface area contributed by atoms with Gasteiger partial charge in [0.25, 0.3) is 0 Å². The molecule has 0 aromatic carbocycles. The van der Waals surface area contributed by atoms with Crippen LogP contribution in [0.1, 0.15) is 33.6 Å². The summed E-state index contributed by atoms with van der Waals surface area (Å²) in [4.78, 5) is 0. The number of rotatable bonds is 4. The zero-order chi connectivity index (χ0) is 11.6. The molecule has 1 N–H and O–H groups in total. The summed E-state index contributed by atoms with van der Waals surface area (Å²) in [6.45, 7) is 9.45. The molecule has 4 heteroatoms. The number of hydrogen-bond donors (Lipinski definition) is 1. The van der Waals surface area contributed by atoms with Crippen LogP contribution in [0.25, 0.3) is 0 Å². The van der Waals surface area contributed by atoms with E-state index in [1.54, 1.807) is 13.0 Å². The van der Waals surface area contributed by atoms with Gasteiger partial charge in [-0.05, 0) is 33.6 Å². The first-order chi connectivity index (χ1) is 6.39. The summed E-state index contributed by atoms with van der Waals surface area (Å²) in [5.74, 6) is 0. The normalized spacial score (nSPS) is 12.6. The Balaban J connectivity index is 0. The van der Waals surface area contributed by atoms with Crippen molar-refractivity contribution in [3.63, 3.8) is 0 Å². The van der Waals surface area contributed by atoms with Crippen LogP contribution in [-0.4, -0.2) is 10.7 Å². The first-order valence-corrected chi connectivity index (χ1v) is 5.48. The minimum absolute atomic E-state index is 0.702. The number of hydrogen-bond acceptors (Lipinski definition) is 3. The van der Waals surface area contributed by atoms with Gasteiger partial charge >= 0.3 is 23.5 Å². The van der Waals surface area contributed by atoms with E-state index in [1.807, 2.05) is 0 Å². The van der Waals surface area contributed by atoms with E-state index in [-0.39, 0.29) is 0 Å². The van der Waals surface area contributed by atoms with Gasteiger partial charge in [-0.1, -0.05) is 17.7 Å². The van der Waals surface area contributed by atoms with Crippen molar-refractivity contribution in [2.45, 2.75) is 39.2 Å². The van der Waals surface area contributed by atoms with Gasteiger partial charge in [0.15, 0.2) is 0 Å². The van der Waals surface area contributed by atoms with Crippen molar-refractivity contribution in [1.29, 1.82) is 0 Å². The van der Waals surface area contributed by atoms with Crippen LogP contribution in [-0.2, 0) is 23.5 Å². The van der Waals surface area contributed by atoms with Crippen molar-refractivity contribution in [2.24, 2.45) is 0 Å². The molecule has 0 bridgehead atoms. The second-order valence-electron chi connectivity index (χ2n) is 3.46. The van der Waals surface area contributed by atoms with Crippen LogP contribution in [0.5, 0.6) is 0 Å². The summed E-state index contributed by atoms with van der Waals surface area (Å²) in [6.07, 6.45) is 5.38. The molecular weight excluding hydrogens is 219 g/mol. The quantitative estimate of drug-likeness (QED) is 0.764. The molecule has 0 spiro atoms. The van der Waals surface area contributed by atoms with Gasteiger partial charge in [-0.25, -0.2) is 0 Å². The molecular formula is C10H18O3V. The summed E-state index contributed by atoms with van der Waals surface area (Å²) in [6, 6.07) is 0. The van der Waals surface area contributed by atoms with Crippen molar-refractivity contribution >= 4 is 0 Å². The monoisotopic (exact) mass is 237 g/mol. The van der Waals surface area contributed by atoms with E-state index in [9.17, 15) is 5.11 Å². The molecule has 14 heavy (non-hydrogen) atoms. The van der Waals surface area contributed by atoms with Gasteiger partial charge in [-0.2, -0.15) is 0 Å². The fourth-order valence-corrected chi connectivity index (χ4v) is 0.755. The van der Waals surface area contributed by atoms with E-state index in [0.717, 1.165) is 12.8 Å². The molecule has 0 heterocycles. The molecule has 0 aromatic rings. The zero-order valence-electron chi connectivity index (χ0n) is 8.99. The van der Waals surface area contributed by atoms with Crippen LogP contribution < -0.4 is 0 Å². The third-order valence-electron chi connectivity index (χ3n) is 1.64. The summed E-state index contributed by atoms with van der Waals surface area (Å²) >= 11 is -1.81. The Morgan fingerprint density at radius 1 is 1.50 bits per heavy atom. The SMILES string of the molecule is C=CC(C)(O)CCC=C(C)C.[O]=[V]=[O]. The van der Waals surface area contributed by atoms with E-state index >= 15 is 0 Å². The molecule has 0 aliphatic rings. The molecule has 0 fully saturated rings. The Morgan fingerprint density at radius 2 is 1.93 bits per heavy atom.